The van der Waals surface area contributed by atoms with Crippen LogP contribution in [0, 0.1) is 13.8 Å². The number of H-pyrrole nitrogens is 1. The van der Waals surface area contributed by atoms with Crippen LogP contribution in [0.3, 0.4) is 0 Å². The summed E-state index contributed by atoms with van der Waals surface area (Å²) in [6, 6.07) is 1.99. The predicted octanol–water partition coefficient (Wildman–Crippen LogP) is 2.39. The van der Waals surface area contributed by atoms with Gasteiger partial charge in [0.2, 0.25) is 11.7 Å². The van der Waals surface area contributed by atoms with E-state index in [1.54, 1.807) is 17.0 Å². The minimum Gasteiger partial charge on any atom is -0.348 e. The lowest BCUT2D eigenvalue weighted by Gasteiger charge is -2.00. The molecule has 0 aromatic carbocycles. The molecule has 1 aliphatic rings. The zero-order chi connectivity index (χ0) is 16.3. The van der Waals surface area contributed by atoms with Crippen LogP contribution in [0.15, 0.2) is 29.3 Å². The van der Waals surface area contributed by atoms with Gasteiger partial charge in [0.25, 0.3) is 0 Å². The molecule has 0 bridgehead atoms. The maximum Gasteiger partial charge on any atom is 0.230 e. The zero-order valence-corrected chi connectivity index (χ0v) is 13.3. The molecule has 0 spiro atoms. The summed E-state index contributed by atoms with van der Waals surface area (Å²) >= 11 is 0. The highest BCUT2D eigenvalue weighted by molar-refractivity contribution is 5.72. The third-order valence-corrected chi connectivity index (χ3v) is 4.49. The molecule has 24 heavy (non-hydrogen) atoms. The van der Waals surface area contributed by atoms with E-state index in [0.29, 0.717) is 17.6 Å². The summed E-state index contributed by atoms with van der Waals surface area (Å²) in [6.45, 7) is 3.96. The van der Waals surface area contributed by atoms with Gasteiger partial charge in [0.15, 0.2) is 5.65 Å². The van der Waals surface area contributed by atoms with Crippen molar-refractivity contribution in [1.29, 1.82) is 0 Å². The number of hydrogen-bond acceptors (Lipinski definition) is 6. The number of aromatic nitrogens is 7. The number of rotatable bonds is 3. The Morgan fingerprint density at radius 1 is 1.21 bits per heavy atom. The van der Waals surface area contributed by atoms with E-state index < -0.39 is 0 Å². The Kier molecular flexibility index (Phi) is 2.64. The molecule has 8 nitrogen and oxygen atoms in total. The Hall–Kier alpha value is -3.03. The van der Waals surface area contributed by atoms with Gasteiger partial charge in [0.05, 0.1) is 18.1 Å². The molecular formula is C16H15N7O. The van der Waals surface area contributed by atoms with Crippen molar-refractivity contribution in [3.05, 3.63) is 47.8 Å². The van der Waals surface area contributed by atoms with Gasteiger partial charge in [-0.3, -0.25) is 0 Å². The summed E-state index contributed by atoms with van der Waals surface area (Å²) in [5, 5.41) is 8.52. The number of hydrogen-bond donors (Lipinski definition) is 1. The van der Waals surface area contributed by atoms with Crippen molar-refractivity contribution in [2.45, 2.75) is 32.1 Å². The van der Waals surface area contributed by atoms with Gasteiger partial charge >= 0.3 is 0 Å². The zero-order valence-electron chi connectivity index (χ0n) is 13.3. The number of aryl methyl sites for hydroxylation is 2. The standard InChI is InChI=1S/C16H15N7O/c1-8-3-9(2)23-15(20-8)12(5-19-23)14-21-16(24-22-14)11-4-10(11)13-6-17-7-18-13/h3,5-7,10-11H,4H2,1-2H3,(H,17,18)/t10-,11-/m0/s1. The number of nitrogens with zero attached hydrogens (tertiary/aromatic N) is 6. The Bertz CT molecular complexity index is 1030. The van der Waals surface area contributed by atoms with Gasteiger partial charge in [-0.1, -0.05) is 5.16 Å². The molecule has 4 aromatic rings. The van der Waals surface area contributed by atoms with Crippen molar-refractivity contribution in [2.24, 2.45) is 0 Å². The van der Waals surface area contributed by atoms with Crippen LogP contribution in [0.25, 0.3) is 17.0 Å². The molecule has 0 aliphatic heterocycles. The summed E-state index contributed by atoms with van der Waals surface area (Å²) in [5.41, 5.74) is 4.61. The highest BCUT2D eigenvalue weighted by Crippen LogP contribution is 2.53. The van der Waals surface area contributed by atoms with Gasteiger partial charge in [-0.15, -0.1) is 0 Å². The fourth-order valence-corrected chi connectivity index (χ4v) is 3.20. The van der Waals surface area contributed by atoms with Gasteiger partial charge in [0, 0.05) is 35.1 Å². The van der Waals surface area contributed by atoms with Crippen LogP contribution < -0.4 is 0 Å². The van der Waals surface area contributed by atoms with Crippen molar-refractivity contribution in [3.63, 3.8) is 0 Å². The molecule has 1 fully saturated rings. The molecule has 1 aliphatic carbocycles. The van der Waals surface area contributed by atoms with Crippen LogP contribution in [-0.2, 0) is 0 Å². The maximum absolute atomic E-state index is 5.49. The van der Waals surface area contributed by atoms with Crippen LogP contribution in [0.2, 0.25) is 0 Å². The fourth-order valence-electron chi connectivity index (χ4n) is 3.20. The van der Waals surface area contributed by atoms with Gasteiger partial charge in [0.1, 0.15) is 0 Å². The quantitative estimate of drug-likeness (QED) is 0.622. The van der Waals surface area contributed by atoms with E-state index in [1.165, 1.54) is 0 Å². The number of nitrogens with one attached hydrogen (secondary N) is 1. The Balaban J connectivity index is 1.50. The van der Waals surface area contributed by atoms with E-state index in [0.717, 1.165) is 34.7 Å². The first-order valence-electron chi connectivity index (χ1n) is 7.85. The van der Waals surface area contributed by atoms with E-state index in [1.807, 2.05) is 26.1 Å². The van der Waals surface area contributed by atoms with Crippen molar-refractivity contribution < 1.29 is 4.52 Å². The van der Waals surface area contributed by atoms with Crippen LogP contribution in [0.1, 0.15) is 41.2 Å². The summed E-state index contributed by atoms with van der Waals surface area (Å²) in [4.78, 5) is 16.4. The molecule has 8 heteroatoms. The molecule has 0 unspecified atom stereocenters. The highest BCUT2D eigenvalue weighted by atomic mass is 16.5. The van der Waals surface area contributed by atoms with E-state index in [4.69, 9.17) is 4.52 Å². The second-order valence-electron chi connectivity index (χ2n) is 6.24. The third-order valence-electron chi connectivity index (χ3n) is 4.49. The van der Waals surface area contributed by atoms with E-state index in [-0.39, 0.29) is 5.92 Å². The van der Waals surface area contributed by atoms with Crippen molar-refractivity contribution >= 4 is 5.65 Å². The smallest absolute Gasteiger partial charge is 0.230 e. The lowest BCUT2D eigenvalue weighted by Crippen LogP contribution is -1.97. The normalized spacial score (nSPS) is 19.9. The third kappa shape index (κ3) is 1.96. The Morgan fingerprint density at radius 3 is 2.96 bits per heavy atom. The molecule has 1 saturated carbocycles. The van der Waals surface area contributed by atoms with Crippen LogP contribution >= 0.6 is 0 Å². The fraction of sp³-hybridized carbons (Fsp3) is 0.312. The first-order chi connectivity index (χ1) is 11.7. The summed E-state index contributed by atoms with van der Waals surface area (Å²) in [6.07, 6.45) is 6.28. The monoisotopic (exact) mass is 321 g/mol. The number of aromatic amines is 1. The largest absolute Gasteiger partial charge is 0.348 e. The maximum atomic E-state index is 5.49. The van der Waals surface area contributed by atoms with E-state index >= 15 is 0 Å². The molecule has 120 valence electrons. The molecule has 0 radical (unpaired) electrons. The number of fused-ring (bicyclic) bond motifs is 1. The molecule has 4 heterocycles. The average Bonchev–Trinajstić information content (AvgIpc) is 3.02. The topological polar surface area (TPSA) is 97.8 Å². The second kappa shape index (κ2) is 4.73. The van der Waals surface area contributed by atoms with Gasteiger partial charge in [-0.05, 0) is 26.3 Å². The van der Waals surface area contributed by atoms with E-state index in [9.17, 15) is 0 Å². The molecule has 1 N–H and O–H groups in total. The first kappa shape index (κ1) is 13.4. The molecule has 0 saturated heterocycles. The molecule has 5 rings (SSSR count). The number of imidazole rings is 1. The van der Waals surface area contributed by atoms with E-state index in [2.05, 4.69) is 30.2 Å². The Labute approximate surface area is 137 Å². The van der Waals surface area contributed by atoms with Gasteiger partial charge in [-0.2, -0.15) is 10.1 Å². The summed E-state index contributed by atoms with van der Waals surface area (Å²) in [7, 11) is 0. The molecular weight excluding hydrogens is 306 g/mol. The minimum absolute atomic E-state index is 0.255. The Morgan fingerprint density at radius 2 is 2.12 bits per heavy atom. The van der Waals surface area contributed by atoms with Crippen LogP contribution in [0.5, 0.6) is 0 Å². The van der Waals surface area contributed by atoms with Crippen LogP contribution in [0.4, 0.5) is 0 Å². The SMILES string of the molecule is Cc1cc(C)n2ncc(-c3noc([C@H]4C[C@@H]4c4cnc[nH]4)n3)c2n1. The van der Waals surface area contributed by atoms with Crippen molar-refractivity contribution in [3.8, 4) is 11.4 Å². The summed E-state index contributed by atoms with van der Waals surface area (Å²) < 4.78 is 7.28. The van der Waals surface area contributed by atoms with Gasteiger partial charge < -0.3 is 9.51 Å². The van der Waals surface area contributed by atoms with Crippen molar-refractivity contribution in [2.75, 3.05) is 0 Å². The average molecular weight is 321 g/mol. The molecule has 0 amide bonds. The lowest BCUT2D eigenvalue weighted by atomic mass is 10.2. The molecule has 4 aromatic heterocycles. The molecule has 2 atom stereocenters. The predicted molar refractivity (Wildman–Crippen MR) is 84.4 cm³/mol. The second-order valence-corrected chi connectivity index (χ2v) is 6.24. The lowest BCUT2D eigenvalue weighted by molar-refractivity contribution is 0.378. The first-order valence-corrected chi connectivity index (χ1v) is 7.85. The van der Waals surface area contributed by atoms with Gasteiger partial charge in [-0.25, -0.2) is 14.5 Å². The van der Waals surface area contributed by atoms with Crippen molar-refractivity contribution in [1.82, 2.24) is 34.7 Å². The minimum atomic E-state index is 0.255. The van der Waals surface area contributed by atoms with Crippen LogP contribution in [-0.4, -0.2) is 34.7 Å². The highest BCUT2D eigenvalue weighted by Gasteiger charge is 2.44. The summed E-state index contributed by atoms with van der Waals surface area (Å²) in [5.74, 6) is 1.83.